The fourth-order valence-electron chi connectivity index (χ4n) is 1.92. The number of rotatable bonds is 2. The number of fused-ring (bicyclic) bond motifs is 1. The number of hydrogen-bond acceptors (Lipinski definition) is 3. The molecule has 0 saturated carbocycles. The van der Waals surface area contributed by atoms with Gasteiger partial charge < -0.3 is 0 Å². The maximum atomic E-state index is 6.09. The number of benzene rings is 1. The van der Waals surface area contributed by atoms with Crippen LogP contribution in [0, 0.1) is 6.92 Å². The van der Waals surface area contributed by atoms with Crippen molar-refractivity contribution >= 4 is 52.0 Å². The number of aromatic nitrogens is 2. The topological polar surface area (TPSA) is 42.0 Å². The Labute approximate surface area is 136 Å². The van der Waals surface area contributed by atoms with Gasteiger partial charge in [-0.05, 0) is 31.2 Å². The molecule has 21 heavy (non-hydrogen) atoms. The van der Waals surface area contributed by atoms with Crippen LogP contribution >= 0.6 is 34.8 Å². The molecule has 4 nitrogen and oxygen atoms in total. The third-order valence-electron chi connectivity index (χ3n) is 2.91. The van der Waals surface area contributed by atoms with Gasteiger partial charge in [0.1, 0.15) is 11.3 Å². The molecule has 0 amide bonds. The van der Waals surface area contributed by atoms with Gasteiger partial charge in [-0.2, -0.15) is 0 Å². The first kappa shape index (κ1) is 14.3. The van der Waals surface area contributed by atoms with Crippen LogP contribution in [0.3, 0.4) is 0 Å². The van der Waals surface area contributed by atoms with Crippen LogP contribution in [0.25, 0.3) is 5.65 Å². The lowest BCUT2D eigenvalue weighted by molar-refractivity contribution is 1.09. The largest absolute Gasteiger partial charge is 0.281 e. The van der Waals surface area contributed by atoms with E-state index in [0.29, 0.717) is 26.6 Å². The van der Waals surface area contributed by atoms with Gasteiger partial charge in [0.25, 0.3) is 0 Å². The molecule has 106 valence electrons. The molecule has 3 rings (SSSR count). The minimum atomic E-state index is 0.368. The highest BCUT2D eigenvalue weighted by atomic mass is 35.5. The molecule has 0 saturated heterocycles. The highest BCUT2D eigenvalue weighted by Gasteiger charge is 2.09. The molecule has 3 aromatic rings. The third kappa shape index (κ3) is 2.75. The molecule has 0 unspecified atom stereocenters. The lowest BCUT2D eigenvalue weighted by Gasteiger charge is -1.99. The molecule has 0 atom stereocenters. The summed E-state index contributed by atoms with van der Waals surface area (Å²) in [5.74, 6) is 0.601. The van der Waals surface area contributed by atoms with Crippen LogP contribution in [0.4, 0.5) is 11.5 Å². The van der Waals surface area contributed by atoms with Gasteiger partial charge in [-0.25, -0.2) is 4.98 Å². The normalized spacial score (nSPS) is 11.6. The highest BCUT2D eigenvalue weighted by molar-refractivity contribution is 6.43. The Bertz CT molecular complexity index is 855. The van der Waals surface area contributed by atoms with E-state index in [4.69, 9.17) is 34.8 Å². The average Bonchev–Trinajstić information content (AvgIpc) is 2.76. The van der Waals surface area contributed by atoms with Gasteiger partial charge >= 0.3 is 0 Å². The van der Waals surface area contributed by atoms with E-state index in [1.807, 2.05) is 13.0 Å². The smallest absolute Gasteiger partial charge is 0.182 e. The zero-order chi connectivity index (χ0) is 15.0. The van der Waals surface area contributed by atoms with Crippen LogP contribution < -0.4 is 0 Å². The molecule has 0 aliphatic carbocycles. The summed E-state index contributed by atoms with van der Waals surface area (Å²) in [6, 6.07) is 8.80. The SMILES string of the molecule is Cc1nc2ccc(Cl)cn2c1N=Nc1cccc(Cl)c1Cl. The predicted octanol–water partition coefficient (Wildman–Crippen LogP) is 6.02. The van der Waals surface area contributed by atoms with E-state index >= 15 is 0 Å². The third-order valence-corrected chi connectivity index (χ3v) is 3.94. The summed E-state index contributed by atoms with van der Waals surface area (Å²) in [5.41, 5.74) is 2.00. The predicted molar refractivity (Wildman–Crippen MR) is 85.6 cm³/mol. The monoisotopic (exact) mass is 338 g/mol. The van der Waals surface area contributed by atoms with Crippen molar-refractivity contribution in [2.24, 2.45) is 10.2 Å². The van der Waals surface area contributed by atoms with E-state index in [0.717, 1.165) is 11.3 Å². The van der Waals surface area contributed by atoms with Crippen molar-refractivity contribution in [1.82, 2.24) is 9.38 Å². The molecule has 0 N–H and O–H groups in total. The van der Waals surface area contributed by atoms with Crippen LogP contribution in [0.2, 0.25) is 15.1 Å². The Kier molecular flexibility index (Phi) is 3.85. The summed E-state index contributed by atoms with van der Waals surface area (Å²) in [4.78, 5) is 4.40. The lowest BCUT2D eigenvalue weighted by atomic mass is 10.3. The van der Waals surface area contributed by atoms with Gasteiger partial charge in [0, 0.05) is 6.20 Å². The van der Waals surface area contributed by atoms with Crippen LogP contribution in [0.1, 0.15) is 5.69 Å². The van der Waals surface area contributed by atoms with Gasteiger partial charge in [-0.1, -0.05) is 40.9 Å². The van der Waals surface area contributed by atoms with Crippen molar-refractivity contribution in [1.29, 1.82) is 0 Å². The molecule has 0 aliphatic rings. The lowest BCUT2D eigenvalue weighted by Crippen LogP contribution is -1.82. The summed E-state index contributed by atoms with van der Waals surface area (Å²) in [7, 11) is 0. The van der Waals surface area contributed by atoms with E-state index in [2.05, 4.69) is 15.2 Å². The van der Waals surface area contributed by atoms with Gasteiger partial charge in [-0.15, -0.1) is 10.2 Å². The Hall–Kier alpha value is -1.62. The number of azo groups is 1. The maximum Gasteiger partial charge on any atom is 0.182 e. The molecule has 0 aliphatic heterocycles. The number of imidazole rings is 1. The van der Waals surface area contributed by atoms with Gasteiger partial charge in [0.2, 0.25) is 0 Å². The molecule has 0 fully saturated rings. The van der Waals surface area contributed by atoms with Crippen molar-refractivity contribution in [2.75, 3.05) is 0 Å². The molecule has 7 heteroatoms. The highest BCUT2D eigenvalue weighted by Crippen LogP contribution is 2.33. The quantitative estimate of drug-likeness (QED) is 0.526. The maximum absolute atomic E-state index is 6.09. The molecule has 2 aromatic heterocycles. The molecule has 0 bridgehead atoms. The molecular weight excluding hydrogens is 331 g/mol. The van der Waals surface area contributed by atoms with E-state index < -0.39 is 0 Å². The molecule has 0 radical (unpaired) electrons. The number of aryl methyl sites for hydroxylation is 1. The van der Waals surface area contributed by atoms with E-state index in [-0.39, 0.29) is 0 Å². The van der Waals surface area contributed by atoms with Crippen LogP contribution in [-0.2, 0) is 0 Å². The standard InChI is InChI=1S/C14H9Cl3N4/c1-8-14(21-7-9(15)5-6-12(21)18-8)20-19-11-4-2-3-10(16)13(11)17/h2-7H,1H3. The summed E-state index contributed by atoms with van der Waals surface area (Å²) in [6.45, 7) is 1.86. The Morgan fingerprint density at radius 2 is 1.86 bits per heavy atom. The van der Waals surface area contributed by atoms with Crippen LogP contribution in [-0.4, -0.2) is 9.38 Å². The van der Waals surface area contributed by atoms with Crippen molar-refractivity contribution in [3.05, 3.63) is 57.3 Å². The van der Waals surface area contributed by atoms with Crippen LogP contribution in [0.15, 0.2) is 46.8 Å². The zero-order valence-corrected chi connectivity index (χ0v) is 13.2. The van der Waals surface area contributed by atoms with Crippen molar-refractivity contribution in [3.8, 4) is 0 Å². The average molecular weight is 340 g/mol. The summed E-state index contributed by atoms with van der Waals surface area (Å²) in [6.07, 6.45) is 1.74. The Morgan fingerprint density at radius 3 is 2.67 bits per heavy atom. The number of hydrogen-bond donors (Lipinski definition) is 0. The van der Waals surface area contributed by atoms with E-state index in [1.165, 1.54) is 0 Å². The molecule has 1 aromatic carbocycles. The Balaban J connectivity index is 2.09. The van der Waals surface area contributed by atoms with Crippen molar-refractivity contribution in [3.63, 3.8) is 0 Å². The van der Waals surface area contributed by atoms with Gasteiger partial charge in [-0.3, -0.25) is 4.40 Å². The van der Waals surface area contributed by atoms with Gasteiger partial charge in [0.15, 0.2) is 5.82 Å². The van der Waals surface area contributed by atoms with Crippen LogP contribution in [0.5, 0.6) is 0 Å². The number of nitrogens with zero attached hydrogens (tertiary/aromatic N) is 4. The number of pyridine rings is 1. The first-order valence-electron chi connectivity index (χ1n) is 6.06. The first-order valence-corrected chi connectivity index (χ1v) is 7.19. The van der Waals surface area contributed by atoms with E-state index in [9.17, 15) is 0 Å². The first-order chi connectivity index (χ1) is 10.1. The van der Waals surface area contributed by atoms with Crippen molar-refractivity contribution in [2.45, 2.75) is 6.92 Å². The number of halogens is 3. The molecular formula is C14H9Cl3N4. The fraction of sp³-hybridized carbons (Fsp3) is 0.0714. The second kappa shape index (κ2) is 5.64. The molecule has 0 spiro atoms. The van der Waals surface area contributed by atoms with Gasteiger partial charge in [0.05, 0.1) is 20.8 Å². The summed E-state index contributed by atoms with van der Waals surface area (Å²) in [5, 5.41) is 9.78. The second-order valence-electron chi connectivity index (χ2n) is 4.37. The second-order valence-corrected chi connectivity index (χ2v) is 5.59. The fourth-order valence-corrected chi connectivity index (χ4v) is 2.41. The minimum absolute atomic E-state index is 0.368. The Morgan fingerprint density at radius 1 is 1.05 bits per heavy atom. The summed E-state index contributed by atoms with van der Waals surface area (Å²) >= 11 is 18.0. The van der Waals surface area contributed by atoms with E-state index in [1.54, 1.807) is 34.9 Å². The zero-order valence-electron chi connectivity index (χ0n) is 10.9. The minimum Gasteiger partial charge on any atom is -0.281 e. The summed E-state index contributed by atoms with van der Waals surface area (Å²) < 4.78 is 1.78. The molecule has 2 heterocycles. The van der Waals surface area contributed by atoms with Crippen molar-refractivity contribution < 1.29 is 0 Å².